The van der Waals surface area contributed by atoms with E-state index in [0.717, 1.165) is 5.56 Å². The first-order chi connectivity index (χ1) is 14.5. The molecule has 0 unspecified atom stereocenters. The van der Waals surface area contributed by atoms with Crippen molar-refractivity contribution < 1.29 is 28.6 Å². The zero-order valence-electron chi connectivity index (χ0n) is 16.7. The third-order valence-corrected chi connectivity index (χ3v) is 6.09. The first-order valence-electron chi connectivity index (χ1n) is 9.74. The van der Waals surface area contributed by atoms with Gasteiger partial charge >= 0.3 is 5.97 Å². The van der Waals surface area contributed by atoms with E-state index in [-0.39, 0.29) is 31.4 Å². The summed E-state index contributed by atoms with van der Waals surface area (Å²) in [6, 6.07) is 7.07. The Labute approximate surface area is 177 Å². The maximum Gasteiger partial charge on any atom is 0.348 e. The van der Waals surface area contributed by atoms with Crippen molar-refractivity contribution in [3.05, 3.63) is 34.7 Å². The maximum absolute atomic E-state index is 12.7. The zero-order valence-corrected chi connectivity index (χ0v) is 17.5. The highest BCUT2D eigenvalue weighted by atomic mass is 32.1. The second-order valence-electron chi connectivity index (χ2n) is 7.07. The molecule has 30 heavy (non-hydrogen) atoms. The molecular formula is C21H22N2O6S. The smallest absolute Gasteiger partial charge is 0.348 e. The van der Waals surface area contributed by atoms with Crippen molar-refractivity contribution in [1.29, 1.82) is 0 Å². The molecule has 1 N–H and O–H groups in total. The van der Waals surface area contributed by atoms with Crippen LogP contribution in [0.5, 0.6) is 11.5 Å². The van der Waals surface area contributed by atoms with Crippen molar-refractivity contribution in [2.24, 2.45) is 5.92 Å². The summed E-state index contributed by atoms with van der Waals surface area (Å²) in [5.74, 6) is -0.0154. The lowest BCUT2D eigenvalue weighted by Crippen LogP contribution is -2.28. The standard InChI is InChI=1S/C21H22N2O6S/c1-3-27-21(26)19-12(2)8-17(30-19)22-20(25)13-9-18(24)23(11-13)14-4-5-15-16(10-14)29-7-6-28-15/h4-5,8,10,13H,3,6-7,9,11H2,1-2H3,(H,22,25)/t13-/m0/s1. The molecule has 0 spiro atoms. The van der Waals surface area contributed by atoms with E-state index in [1.165, 1.54) is 11.3 Å². The molecule has 9 heteroatoms. The van der Waals surface area contributed by atoms with Gasteiger partial charge in [-0.1, -0.05) is 0 Å². The van der Waals surface area contributed by atoms with Crippen LogP contribution < -0.4 is 19.7 Å². The summed E-state index contributed by atoms with van der Waals surface area (Å²) in [5, 5.41) is 3.39. The predicted octanol–water partition coefficient (Wildman–Crippen LogP) is 3.00. The Morgan fingerprint density at radius 2 is 2.00 bits per heavy atom. The van der Waals surface area contributed by atoms with Gasteiger partial charge in [0.1, 0.15) is 18.1 Å². The van der Waals surface area contributed by atoms with Gasteiger partial charge in [0.15, 0.2) is 11.5 Å². The van der Waals surface area contributed by atoms with Gasteiger partial charge in [0, 0.05) is 24.7 Å². The van der Waals surface area contributed by atoms with Crippen LogP contribution >= 0.6 is 11.3 Å². The van der Waals surface area contributed by atoms with Crippen molar-refractivity contribution >= 4 is 39.8 Å². The van der Waals surface area contributed by atoms with E-state index in [9.17, 15) is 14.4 Å². The third-order valence-electron chi connectivity index (χ3n) is 4.96. The summed E-state index contributed by atoms with van der Waals surface area (Å²) in [6.07, 6.45) is 0.120. The van der Waals surface area contributed by atoms with Gasteiger partial charge < -0.3 is 24.4 Å². The van der Waals surface area contributed by atoms with Gasteiger partial charge in [-0.25, -0.2) is 4.79 Å². The minimum atomic E-state index is -0.487. The number of nitrogens with zero attached hydrogens (tertiary/aromatic N) is 1. The fraction of sp³-hybridized carbons (Fsp3) is 0.381. The molecule has 2 amide bonds. The lowest BCUT2D eigenvalue weighted by Gasteiger charge is -2.22. The Morgan fingerprint density at radius 1 is 1.23 bits per heavy atom. The topological polar surface area (TPSA) is 94.2 Å². The van der Waals surface area contributed by atoms with Gasteiger partial charge in [-0.15, -0.1) is 11.3 Å². The number of thiophene rings is 1. The molecule has 3 heterocycles. The van der Waals surface area contributed by atoms with Crippen LogP contribution in [0, 0.1) is 12.8 Å². The average molecular weight is 430 g/mol. The number of hydrogen-bond donors (Lipinski definition) is 1. The highest BCUT2D eigenvalue weighted by Gasteiger charge is 2.36. The summed E-state index contributed by atoms with van der Waals surface area (Å²) < 4.78 is 16.1. The quantitative estimate of drug-likeness (QED) is 0.733. The van der Waals surface area contributed by atoms with E-state index in [1.54, 1.807) is 43.0 Å². The highest BCUT2D eigenvalue weighted by molar-refractivity contribution is 7.18. The van der Waals surface area contributed by atoms with E-state index in [2.05, 4.69) is 5.32 Å². The lowest BCUT2D eigenvalue weighted by molar-refractivity contribution is -0.122. The Kier molecular flexibility index (Phi) is 5.63. The number of benzene rings is 1. The van der Waals surface area contributed by atoms with E-state index < -0.39 is 11.9 Å². The summed E-state index contributed by atoms with van der Waals surface area (Å²) in [7, 11) is 0. The minimum absolute atomic E-state index is 0.120. The highest BCUT2D eigenvalue weighted by Crippen LogP contribution is 2.36. The number of ether oxygens (including phenoxy) is 3. The zero-order chi connectivity index (χ0) is 21.3. The fourth-order valence-corrected chi connectivity index (χ4v) is 4.47. The second kappa shape index (κ2) is 8.35. The fourth-order valence-electron chi connectivity index (χ4n) is 3.50. The van der Waals surface area contributed by atoms with Crippen LogP contribution in [-0.4, -0.2) is 44.1 Å². The molecule has 1 saturated heterocycles. The van der Waals surface area contributed by atoms with Gasteiger partial charge in [-0.3, -0.25) is 9.59 Å². The number of fused-ring (bicyclic) bond motifs is 1. The predicted molar refractivity (Wildman–Crippen MR) is 112 cm³/mol. The molecule has 4 rings (SSSR count). The molecule has 2 aliphatic rings. The second-order valence-corrected chi connectivity index (χ2v) is 8.12. The van der Waals surface area contributed by atoms with E-state index in [4.69, 9.17) is 14.2 Å². The Hall–Kier alpha value is -3.07. The molecule has 0 bridgehead atoms. The van der Waals surface area contributed by atoms with Crippen LogP contribution in [0.2, 0.25) is 0 Å². The van der Waals surface area contributed by atoms with Crippen molar-refractivity contribution in [1.82, 2.24) is 0 Å². The molecule has 0 radical (unpaired) electrons. The van der Waals surface area contributed by atoms with E-state index in [1.807, 2.05) is 0 Å². The van der Waals surface area contributed by atoms with Crippen LogP contribution in [0.15, 0.2) is 24.3 Å². The number of hydrogen-bond acceptors (Lipinski definition) is 7. The van der Waals surface area contributed by atoms with Crippen molar-refractivity contribution in [2.75, 3.05) is 36.6 Å². The first-order valence-corrected chi connectivity index (χ1v) is 10.6. The summed E-state index contributed by atoms with van der Waals surface area (Å²) in [5.41, 5.74) is 1.42. The number of esters is 1. The molecule has 1 atom stereocenters. The van der Waals surface area contributed by atoms with Crippen LogP contribution in [0.25, 0.3) is 0 Å². The molecule has 8 nitrogen and oxygen atoms in total. The van der Waals surface area contributed by atoms with E-state index >= 15 is 0 Å². The number of nitrogens with one attached hydrogen (secondary N) is 1. The first kappa shape index (κ1) is 20.2. The summed E-state index contributed by atoms with van der Waals surface area (Å²) in [4.78, 5) is 39.3. The maximum atomic E-state index is 12.7. The van der Waals surface area contributed by atoms with Gasteiger partial charge in [-0.05, 0) is 37.6 Å². The largest absolute Gasteiger partial charge is 0.486 e. The van der Waals surface area contributed by atoms with Gasteiger partial charge in [-0.2, -0.15) is 0 Å². The van der Waals surface area contributed by atoms with Crippen LogP contribution in [-0.2, 0) is 14.3 Å². The minimum Gasteiger partial charge on any atom is -0.486 e. The normalized spacial score (nSPS) is 17.7. The number of rotatable bonds is 5. The van der Waals surface area contributed by atoms with Crippen molar-refractivity contribution in [3.8, 4) is 11.5 Å². The molecular weight excluding hydrogens is 408 g/mol. The van der Waals surface area contributed by atoms with Gasteiger partial charge in [0.05, 0.1) is 17.5 Å². The Morgan fingerprint density at radius 3 is 2.77 bits per heavy atom. The van der Waals surface area contributed by atoms with Crippen LogP contribution in [0.3, 0.4) is 0 Å². The van der Waals surface area contributed by atoms with Crippen LogP contribution in [0.4, 0.5) is 10.7 Å². The lowest BCUT2D eigenvalue weighted by atomic mass is 10.1. The molecule has 2 aromatic rings. The Balaban J connectivity index is 1.43. The SMILES string of the molecule is CCOC(=O)c1sc(NC(=O)[C@H]2CC(=O)N(c3ccc4c(c3)OCCO4)C2)cc1C. The van der Waals surface area contributed by atoms with Gasteiger partial charge in [0.2, 0.25) is 11.8 Å². The number of carbonyl (C=O) groups is 3. The molecule has 1 aromatic carbocycles. The number of anilines is 2. The number of carbonyl (C=O) groups excluding carboxylic acids is 3. The molecule has 1 aromatic heterocycles. The average Bonchev–Trinajstić information content (AvgIpc) is 3.30. The molecule has 0 aliphatic carbocycles. The summed E-state index contributed by atoms with van der Waals surface area (Å²) >= 11 is 1.17. The van der Waals surface area contributed by atoms with Gasteiger partial charge in [0.25, 0.3) is 0 Å². The molecule has 2 aliphatic heterocycles. The van der Waals surface area contributed by atoms with E-state index in [0.29, 0.717) is 40.3 Å². The summed E-state index contributed by atoms with van der Waals surface area (Å²) in [6.45, 7) is 5.06. The van der Waals surface area contributed by atoms with Crippen molar-refractivity contribution in [3.63, 3.8) is 0 Å². The Bertz CT molecular complexity index is 1000. The van der Waals surface area contributed by atoms with Crippen molar-refractivity contribution in [2.45, 2.75) is 20.3 Å². The number of amides is 2. The molecule has 0 saturated carbocycles. The number of aryl methyl sites for hydroxylation is 1. The third kappa shape index (κ3) is 3.97. The monoisotopic (exact) mass is 430 g/mol. The molecule has 1 fully saturated rings. The molecule has 158 valence electrons. The van der Waals surface area contributed by atoms with Crippen LogP contribution in [0.1, 0.15) is 28.6 Å².